The number of anilines is 1. The lowest BCUT2D eigenvalue weighted by atomic mass is 10.2. The topological polar surface area (TPSA) is 64.0 Å². The first-order valence-electron chi connectivity index (χ1n) is 7.15. The molecule has 0 spiro atoms. The smallest absolute Gasteiger partial charge is 0.261 e. The molecule has 0 atom stereocenters. The van der Waals surface area contributed by atoms with Crippen molar-refractivity contribution < 1.29 is 9.18 Å². The summed E-state index contributed by atoms with van der Waals surface area (Å²) in [6.45, 7) is 1.62. The van der Waals surface area contributed by atoms with E-state index >= 15 is 0 Å². The average molecular weight is 346 g/mol. The zero-order valence-corrected chi connectivity index (χ0v) is 13.5. The van der Waals surface area contributed by atoms with E-state index in [9.17, 15) is 14.0 Å². The van der Waals surface area contributed by atoms with Crippen LogP contribution in [-0.4, -0.2) is 15.5 Å². The van der Waals surface area contributed by atoms with Crippen molar-refractivity contribution in [3.05, 3.63) is 69.5 Å². The summed E-state index contributed by atoms with van der Waals surface area (Å²) in [7, 11) is 0. The van der Waals surface area contributed by atoms with Crippen LogP contribution in [0, 0.1) is 12.7 Å². The Morgan fingerprint density at radius 2 is 2.08 bits per heavy atom. The SMILES string of the molecule is Cc1ccc(NC(=O)Cn2cnc3ccc(F)cc3c2=O)cc1Cl. The van der Waals surface area contributed by atoms with Crippen LogP contribution in [0.5, 0.6) is 0 Å². The zero-order valence-electron chi connectivity index (χ0n) is 12.7. The van der Waals surface area contributed by atoms with Crippen molar-refractivity contribution in [1.82, 2.24) is 9.55 Å². The number of aromatic nitrogens is 2. The Bertz CT molecular complexity index is 1000. The molecule has 24 heavy (non-hydrogen) atoms. The van der Waals surface area contributed by atoms with Gasteiger partial charge in [-0.2, -0.15) is 0 Å². The van der Waals surface area contributed by atoms with Gasteiger partial charge in [0.15, 0.2) is 0 Å². The second kappa shape index (κ2) is 6.41. The lowest BCUT2D eigenvalue weighted by Crippen LogP contribution is -2.28. The van der Waals surface area contributed by atoms with Crippen LogP contribution < -0.4 is 10.9 Å². The van der Waals surface area contributed by atoms with Gasteiger partial charge in [-0.15, -0.1) is 0 Å². The minimum Gasteiger partial charge on any atom is -0.324 e. The second-order valence-corrected chi connectivity index (χ2v) is 5.76. The zero-order chi connectivity index (χ0) is 17.3. The molecule has 0 bridgehead atoms. The molecule has 0 unspecified atom stereocenters. The molecule has 0 radical (unpaired) electrons. The van der Waals surface area contributed by atoms with Gasteiger partial charge < -0.3 is 5.32 Å². The predicted octanol–water partition coefficient (Wildman–Crippen LogP) is 3.14. The third-order valence-electron chi connectivity index (χ3n) is 3.56. The molecule has 0 aliphatic carbocycles. The Hall–Kier alpha value is -2.73. The highest BCUT2D eigenvalue weighted by Crippen LogP contribution is 2.19. The monoisotopic (exact) mass is 345 g/mol. The van der Waals surface area contributed by atoms with Gasteiger partial charge in [0.1, 0.15) is 12.4 Å². The van der Waals surface area contributed by atoms with Crippen molar-refractivity contribution in [3.8, 4) is 0 Å². The molecule has 1 heterocycles. The van der Waals surface area contributed by atoms with Crippen LogP contribution in [0.1, 0.15) is 5.56 Å². The summed E-state index contributed by atoms with van der Waals surface area (Å²) >= 11 is 6.01. The number of amides is 1. The summed E-state index contributed by atoms with van der Waals surface area (Å²) in [6.07, 6.45) is 1.27. The Balaban J connectivity index is 1.84. The van der Waals surface area contributed by atoms with Gasteiger partial charge in [0.25, 0.3) is 5.56 Å². The molecule has 0 saturated heterocycles. The summed E-state index contributed by atoms with van der Waals surface area (Å²) in [4.78, 5) is 28.5. The van der Waals surface area contributed by atoms with Crippen molar-refractivity contribution in [2.24, 2.45) is 0 Å². The van der Waals surface area contributed by atoms with Gasteiger partial charge in [-0.25, -0.2) is 9.37 Å². The number of nitrogens with zero attached hydrogens (tertiary/aromatic N) is 2. The molecule has 3 rings (SSSR count). The third-order valence-corrected chi connectivity index (χ3v) is 3.96. The molecule has 1 amide bonds. The summed E-state index contributed by atoms with van der Waals surface area (Å²) in [5.41, 5.74) is 1.33. The van der Waals surface area contributed by atoms with E-state index in [4.69, 9.17) is 11.6 Å². The summed E-state index contributed by atoms with van der Waals surface area (Å²) < 4.78 is 14.4. The van der Waals surface area contributed by atoms with Crippen LogP contribution in [0.15, 0.2) is 47.5 Å². The summed E-state index contributed by atoms with van der Waals surface area (Å²) in [5.74, 6) is -0.938. The van der Waals surface area contributed by atoms with E-state index in [1.807, 2.05) is 6.92 Å². The minimum atomic E-state index is -0.530. The van der Waals surface area contributed by atoms with Crippen molar-refractivity contribution in [2.75, 3.05) is 5.32 Å². The normalized spacial score (nSPS) is 10.8. The van der Waals surface area contributed by atoms with Crippen molar-refractivity contribution >= 4 is 34.1 Å². The Morgan fingerprint density at radius 3 is 2.83 bits per heavy atom. The van der Waals surface area contributed by atoms with Crippen LogP contribution in [0.2, 0.25) is 5.02 Å². The highest BCUT2D eigenvalue weighted by molar-refractivity contribution is 6.31. The number of hydrogen-bond donors (Lipinski definition) is 1. The molecule has 0 aliphatic rings. The number of aryl methyl sites for hydroxylation is 1. The first-order chi connectivity index (χ1) is 11.4. The second-order valence-electron chi connectivity index (χ2n) is 5.35. The molecule has 3 aromatic rings. The van der Waals surface area contributed by atoms with Crippen LogP contribution >= 0.6 is 11.6 Å². The first-order valence-corrected chi connectivity index (χ1v) is 7.52. The standard InChI is InChI=1S/C17H13ClFN3O2/c1-10-2-4-12(7-14(10)18)21-16(23)8-22-9-20-15-5-3-11(19)6-13(15)17(22)24/h2-7,9H,8H2,1H3,(H,21,23). The average Bonchev–Trinajstić information content (AvgIpc) is 2.54. The van der Waals surface area contributed by atoms with Gasteiger partial charge in [-0.05, 0) is 42.8 Å². The molecule has 0 fully saturated rings. The van der Waals surface area contributed by atoms with E-state index in [1.54, 1.807) is 18.2 Å². The summed E-state index contributed by atoms with van der Waals surface area (Å²) in [6, 6.07) is 8.89. The molecule has 7 heteroatoms. The Labute approximate surface area is 141 Å². The van der Waals surface area contributed by atoms with Crippen LogP contribution in [0.3, 0.4) is 0 Å². The van der Waals surface area contributed by atoms with Crippen molar-refractivity contribution in [1.29, 1.82) is 0 Å². The fourth-order valence-corrected chi connectivity index (χ4v) is 2.45. The van der Waals surface area contributed by atoms with Crippen LogP contribution in [0.25, 0.3) is 10.9 Å². The van der Waals surface area contributed by atoms with Gasteiger partial charge in [-0.3, -0.25) is 14.2 Å². The largest absolute Gasteiger partial charge is 0.324 e. The van der Waals surface area contributed by atoms with Gasteiger partial charge in [0.05, 0.1) is 17.2 Å². The van der Waals surface area contributed by atoms with Gasteiger partial charge in [0, 0.05) is 10.7 Å². The predicted molar refractivity (Wildman–Crippen MR) is 90.8 cm³/mol. The maximum atomic E-state index is 13.3. The minimum absolute atomic E-state index is 0.128. The lowest BCUT2D eigenvalue weighted by molar-refractivity contribution is -0.116. The number of nitrogens with one attached hydrogen (secondary N) is 1. The van der Waals surface area contributed by atoms with E-state index in [0.29, 0.717) is 16.2 Å². The van der Waals surface area contributed by atoms with Crippen LogP contribution in [0.4, 0.5) is 10.1 Å². The number of carbonyl (C=O) groups is 1. The molecular weight excluding hydrogens is 333 g/mol. The van der Waals surface area contributed by atoms with E-state index < -0.39 is 17.3 Å². The fourth-order valence-electron chi connectivity index (χ4n) is 2.27. The molecular formula is C17H13ClFN3O2. The number of fused-ring (bicyclic) bond motifs is 1. The number of carbonyl (C=O) groups excluding carboxylic acids is 1. The fraction of sp³-hybridized carbons (Fsp3) is 0.118. The molecule has 1 N–H and O–H groups in total. The Kier molecular flexibility index (Phi) is 4.31. The van der Waals surface area contributed by atoms with E-state index in [1.165, 1.54) is 18.5 Å². The van der Waals surface area contributed by atoms with E-state index in [-0.39, 0.29) is 11.9 Å². The van der Waals surface area contributed by atoms with E-state index in [2.05, 4.69) is 10.3 Å². The van der Waals surface area contributed by atoms with Crippen molar-refractivity contribution in [2.45, 2.75) is 13.5 Å². The number of hydrogen-bond acceptors (Lipinski definition) is 3. The van der Waals surface area contributed by atoms with Crippen molar-refractivity contribution in [3.63, 3.8) is 0 Å². The number of benzene rings is 2. The lowest BCUT2D eigenvalue weighted by Gasteiger charge is -2.09. The highest BCUT2D eigenvalue weighted by atomic mass is 35.5. The summed E-state index contributed by atoms with van der Waals surface area (Å²) in [5, 5.41) is 3.32. The van der Waals surface area contributed by atoms with Gasteiger partial charge in [-0.1, -0.05) is 17.7 Å². The molecule has 2 aromatic carbocycles. The molecule has 0 saturated carbocycles. The molecule has 122 valence electrons. The van der Waals surface area contributed by atoms with Crippen LogP contribution in [-0.2, 0) is 11.3 Å². The quantitative estimate of drug-likeness (QED) is 0.793. The van der Waals surface area contributed by atoms with Gasteiger partial charge in [0.2, 0.25) is 5.91 Å². The number of halogens is 2. The third kappa shape index (κ3) is 3.28. The highest BCUT2D eigenvalue weighted by Gasteiger charge is 2.10. The number of rotatable bonds is 3. The maximum absolute atomic E-state index is 13.3. The van der Waals surface area contributed by atoms with Gasteiger partial charge >= 0.3 is 0 Å². The molecule has 1 aromatic heterocycles. The molecule has 0 aliphatic heterocycles. The van der Waals surface area contributed by atoms with E-state index in [0.717, 1.165) is 16.2 Å². The molecule has 5 nitrogen and oxygen atoms in total. The maximum Gasteiger partial charge on any atom is 0.261 e. The Morgan fingerprint density at radius 1 is 1.29 bits per heavy atom. The first kappa shape index (κ1) is 16.1.